The van der Waals surface area contributed by atoms with Crippen LogP contribution in [0.15, 0.2) is 55.8 Å². The van der Waals surface area contributed by atoms with Crippen molar-refractivity contribution in [1.82, 2.24) is 0 Å². The van der Waals surface area contributed by atoms with Gasteiger partial charge < -0.3 is 4.55 Å². The molecule has 0 saturated carbocycles. The van der Waals surface area contributed by atoms with Crippen LogP contribution in [0.3, 0.4) is 0 Å². The second-order valence-electron chi connectivity index (χ2n) is 5.59. The fourth-order valence-corrected chi connectivity index (χ4v) is 3.82. The maximum Gasteiger partial charge on any atom is 1.00 e. The molecule has 32 heavy (non-hydrogen) atoms. The minimum Gasteiger partial charge on any atom is -0.728 e. The van der Waals surface area contributed by atoms with Crippen molar-refractivity contribution in [2.24, 2.45) is 9.63 Å². The smallest absolute Gasteiger partial charge is 0.728 e. The third-order valence-corrected chi connectivity index (χ3v) is 5.56. The van der Waals surface area contributed by atoms with Crippen LogP contribution in [0.4, 0.5) is 11.4 Å². The quantitative estimate of drug-likeness (QED) is 0.111. The van der Waals surface area contributed by atoms with Crippen LogP contribution in [-0.2, 0) is 30.5 Å². The van der Waals surface area contributed by atoms with Crippen molar-refractivity contribution in [2.75, 3.05) is 0 Å². The molecule has 0 amide bonds. The standard InChI is InChI=1S/C14H11N3O11S3.Na/c18-17(19)12-6-4-10(14(8-12)30(23,24)25)2-1-9-3-5-11(15-16-31(26,27)28)7-13(9)29(20,21)22;/h1-8H,(H,20,21,22)(H,23,24,25)(H,26,27,28);/q;+1/p-1/b2-1+,16-15?;. The van der Waals surface area contributed by atoms with Gasteiger partial charge in [-0.25, -0.2) is 8.42 Å². The van der Waals surface area contributed by atoms with E-state index in [-0.39, 0.29) is 40.7 Å². The van der Waals surface area contributed by atoms with Gasteiger partial charge in [-0.2, -0.15) is 16.8 Å². The van der Waals surface area contributed by atoms with Gasteiger partial charge in [-0.05, 0) is 29.3 Å². The third kappa shape index (κ3) is 7.80. The molecule has 0 aliphatic carbocycles. The molecule has 0 unspecified atom stereocenters. The van der Waals surface area contributed by atoms with Gasteiger partial charge in [0.05, 0.1) is 10.6 Å². The van der Waals surface area contributed by atoms with Gasteiger partial charge >= 0.3 is 29.6 Å². The van der Waals surface area contributed by atoms with Crippen LogP contribution in [0.5, 0.6) is 0 Å². The van der Waals surface area contributed by atoms with E-state index in [2.05, 4.69) is 9.63 Å². The number of hydrogen-bond donors (Lipinski definition) is 2. The molecule has 0 radical (unpaired) electrons. The van der Waals surface area contributed by atoms with Crippen molar-refractivity contribution < 1.29 is 73.4 Å². The number of rotatable bonds is 7. The summed E-state index contributed by atoms with van der Waals surface area (Å²) in [6.45, 7) is 0. The predicted octanol–water partition coefficient (Wildman–Crippen LogP) is -1.19. The number of benzene rings is 2. The molecule has 0 aromatic heterocycles. The second-order valence-corrected chi connectivity index (χ2v) is 9.39. The van der Waals surface area contributed by atoms with Crippen molar-refractivity contribution in [1.29, 1.82) is 0 Å². The van der Waals surface area contributed by atoms with Gasteiger partial charge in [-0.3, -0.25) is 19.2 Å². The minimum atomic E-state index is -5.10. The molecule has 0 bridgehead atoms. The molecule has 14 nitrogen and oxygen atoms in total. The number of nitrogens with zero attached hydrogens (tertiary/aromatic N) is 3. The zero-order valence-electron chi connectivity index (χ0n) is 15.8. The Morgan fingerprint density at radius 3 is 1.75 bits per heavy atom. The summed E-state index contributed by atoms with van der Waals surface area (Å²) in [4.78, 5) is 8.28. The zero-order valence-corrected chi connectivity index (χ0v) is 20.2. The number of hydrogen-bond acceptors (Lipinski definition) is 10. The number of nitro groups is 1. The van der Waals surface area contributed by atoms with Crippen molar-refractivity contribution in [2.45, 2.75) is 9.79 Å². The van der Waals surface area contributed by atoms with Crippen LogP contribution in [-0.4, -0.2) is 43.8 Å². The Bertz CT molecular complexity index is 1430. The largest absolute Gasteiger partial charge is 1.00 e. The van der Waals surface area contributed by atoms with E-state index in [9.17, 15) is 49.0 Å². The summed E-state index contributed by atoms with van der Waals surface area (Å²) in [6.07, 6.45) is 1.98. The number of non-ortho nitro benzene ring substituents is 1. The van der Waals surface area contributed by atoms with E-state index < -0.39 is 56.6 Å². The first kappa shape index (κ1) is 27.9. The van der Waals surface area contributed by atoms with Crippen LogP contribution in [0, 0.1) is 10.1 Å². The molecule has 2 rings (SSSR count). The molecule has 2 N–H and O–H groups in total. The Kier molecular flexibility index (Phi) is 8.94. The summed E-state index contributed by atoms with van der Waals surface area (Å²) in [5, 5.41) is 13.8. The molecule has 166 valence electrons. The van der Waals surface area contributed by atoms with E-state index in [1.807, 2.05) is 0 Å². The minimum absolute atomic E-state index is 0. The maximum absolute atomic E-state index is 11.6. The molecule has 0 aliphatic heterocycles. The van der Waals surface area contributed by atoms with Gasteiger partial charge in [-0.1, -0.05) is 22.7 Å². The van der Waals surface area contributed by atoms with Gasteiger partial charge in [-0.15, -0.1) is 5.11 Å². The van der Waals surface area contributed by atoms with Crippen LogP contribution in [0.2, 0.25) is 0 Å². The molecular weight excluding hydrogens is 505 g/mol. The summed E-state index contributed by atoms with van der Waals surface area (Å²) in [6, 6.07) is 5.23. The first-order valence-corrected chi connectivity index (χ1v) is 11.8. The molecule has 0 spiro atoms. The molecule has 18 heteroatoms. The van der Waals surface area contributed by atoms with E-state index in [1.54, 1.807) is 0 Å². The molecule has 0 heterocycles. The Hall–Kier alpha value is -2.09. The molecule has 0 fully saturated rings. The first-order chi connectivity index (χ1) is 14.1. The third-order valence-electron chi connectivity index (χ3n) is 3.46. The van der Waals surface area contributed by atoms with Crippen molar-refractivity contribution >= 4 is 54.1 Å². The average Bonchev–Trinajstić information content (AvgIpc) is 2.62. The topological polar surface area (TPSA) is 234 Å². The van der Waals surface area contributed by atoms with Gasteiger partial charge in [0.1, 0.15) is 9.79 Å². The Balaban J connectivity index is 0.00000512. The molecule has 0 saturated heterocycles. The second kappa shape index (κ2) is 10.2. The van der Waals surface area contributed by atoms with Gasteiger partial charge in [0, 0.05) is 12.1 Å². The van der Waals surface area contributed by atoms with E-state index in [0.29, 0.717) is 12.1 Å². The van der Waals surface area contributed by atoms with Gasteiger partial charge in [0.15, 0.2) is 0 Å². The maximum atomic E-state index is 11.6. The van der Waals surface area contributed by atoms with E-state index in [4.69, 9.17) is 0 Å². The summed E-state index contributed by atoms with van der Waals surface area (Å²) in [5.74, 6) is 0. The number of nitro benzene ring substituents is 1. The Morgan fingerprint density at radius 1 is 0.844 bits per heavy atom. The van der Waals surface area contributed by atoms with Crippen molar-refractivity contribution in [3.8, 4) is 0 Å². The van der Waals surface area contributed by atoms with E-state index in [0.717, 1.165) is 36.4 Å². The zero-order chi connectivity index (χ0) is 23.6. The van der Waals surface area contributed by atoms with Gasteiger partial charge in [0.2, 0.25) is 10.3 Å². The van der Waals surface area contributed by atoms with E-state index in [1.165, 1.54) is 0 Å². The summed E-state index contributed by atoms with van der Waals surface area (Å²) in [5.41, 5.74) is -1.55. The molecule has 2 aromatic rings. The van der Waals surface area contributed by atoms with Crippen LogP contribution < -0.4 is 29.6 Å². The first-order valence-electron chi connectivity index (χ1n) is 7.52. The van der Waals surface area contributed by atoms with Crippen LogP contribution in [0.1, 0.15) is 11.1 Å². The fourth-order valence-electron chi connectivity index (χ4n) is 2.22. The van der Waals surface area contributed by atoms with Crippen molar-refractivity contribution in [3.63, 3.8) is 0 Å². The molecule has 2 aromatic carbocycles. The normalized spacial score (nSPS) is 12.7. The van der Waals surface area contributed by atoms with Gasteiger partial charge in [0.25, 0.3) is 25.9 Å². The molecular formula is C14H10N3NaO11S3. The summed E-state index contributed by atoms with van der Waals surface area (Å²) >= 11 is 0. The Morgan fingerprint density at radius 2 is 1.31 bits per heavy atom. The van der Waals surface area contributed by atoms with Crippen molar-refractivity contribution in [3.05, 3.63) is 57.6 Å². The predicted molar refractivity (Wildman–Crippen MR) is 102 cm³/mol. The molecule has 0 aliphatic rings. The monoisotopic (exact) mass is 515 g/mol. The van der Waals surface area contributed by atoms with Crippen LogP contribution >= 0.6 is 0 Å². The summed E-state index contributed by atoms with van der Waals surface area (Å²) in [7, 11) is -14.9. The SMILES string of the molecule is O=[N+]([O-])c1ccc(/C=C/c2ccc(N=NS(=O)(=O)[O-])cc2S(=O)(=O)O)c(S(=O)(=O)O)c1.[Na+]. The van der Waals surface area contributed by atoms with Crippen LogP contribution in [0.25, 0.3) is 12.2 Å². The average molecular weight is 515 g/mol. The molecule has 0 atom stereocenters. The Labute approximate surface area is 203 Å². The fraction of sp³-hybridized carbons (Fsp3) is 0. The summed E-state index contributed by atoms with van der Waals surface area (Å²) < 4.78 is 98.9. The van der Waals surface area contributed by atoms with E-state index >= 15 is 0 Å².